The highest BCUT2D eigenvalue weighted by atomic mass is 14.6. The van der Waals surface area contributed by atoms with Crippen molar-refractivity contribution in [2.75, 3.05) is 0 Å². The highest BCUT2D eigenvalue weighted by Gasteiger charge is 2.56. The standard InChI is InChI=1S/C22H32/c1-5-16-7-9-19-18-8-6-17-14-15(2)10-12-22(17,4)20(18)11-13-21(16,19)3/h5-6,14,18-20H,7-13H2,1-4H3/b16-5-/t18?,19?,20?,21-,22+/m1/s1. The molecule has 0 saturated heterocycles. The van der Waals surface area contributed by atoms with Crippen LogP contribution in [-0.2, 0) is 0 Å². The summed E-state index contributed by atoms with van der Waals surface area (Å²) in [6.07, 6.45) is 17.4. The maximum atomic E-state index is 2.63. The summed E-state index contributed by atoms with van der Waals surface area (Å²) in [5.41, 5.74) is 6.06. The molecule has 0 aromatic heterocycles. The van der Waals surface area contributed by atoms with Gasteiger partial charge in [0.1, 0.15) is 0 Å². The van der Waals surface area contributed by atoms with Crippen LogP contribution in [0.5, 0.6) is 0 Å². The Labute approximate surface area is 136 Å². The number of hydrogen-bond acceptors (Lipinski definition) is 0. The predicted octanol–water partition coefficient (Wildman–Crippen LogP) is 6.45. The molecule has 4 aliphatic rings. The van der Waals surface area contributed by atoms with Crippen LogP contribution in [0.3, 0.4) is 0 Å². The molecule has 22 heavy (non-hydrogen) atoms. The number of hydrogen-bond donors (Lipinski definition) is 0. The first-order valence-electron chi connectivity index (χ1n) is 9.52. The van der Waals surface area contributed by atoms with Crippen LogP contribution < -0.4 is 0 Å². The number of fused-ring (bicyclic) bond motifs is 5. The Morgan fingerprint density at radius 2 is 1.82 bits per heavy atom. The minimum atomic E-state index is 0.475. The minimum absolute atomic E-state index is 0.475. The van der Waals surface area contributed by atoms with Gasteiger partial charge in [-0.2, -0.15) is 0 Å². The fraction of sp³-hybridized carbons (Fsp3) is 0.727. The molecule has 120 valence electrons. The Morgan fingerprint density at radius 1 is 1.05 bits per heavy atom. The van der Waals surface area contributed by atoms with Crippen LogP contribution in [0.2, 0.25) is 0 Å². The largest absolute Gasteiger partial charge is 0.0879 e. The molecular formula is C22H32. The summed E-state index contributed by atoms with van der Waals surface area (Å²) >= 11 is 0. The van der Waals surface area contributed by atoms with Gasteiger partial charge in [0, 0.05) is 0 Å². The molecule has 0 amide bonds. The lowest BCUT2D eigenvalue weighted by atomic mass is 9.48. The molecule has 2 fully saturated rings. The molecule has 0 N–H and O–H groups in total. The zero-order chi connectivity index (χ0) is 15.5. The van der Waals surface area contributed by atoms with Gasteiger partial charge >= 0.3 is 0 Å². The lowest BCUT2D eigenvalue weighted by Crippen LogP contribution is -2.48. The Bertz CT molecular complexity index is 575. The second-order valence-corrected chi connectivity index (χ2v) is 8.99. The molecule has 0 bridgehead atoms. The van der Waals surface area contributed by atoms with Crippen molar-refractivity contribution in [1.82, 2.24) is 0 Å². The van der Waals surface area contributed by atoms with Crippen LogP contribution in [0, 0.1) is 28.6 Å². The van der Waals surface area contributed by atoms with Crippen molar-refractivity contribution >= 4 is 0 Å². The van der Waals surface area contributed by atoms with Gasteiger partial charge in [0.25, 0.3) is 0 Å². The van der Waals surface area contributed by atoms with Gasteiger partial charge in [0.15, 0.2) is 0 Å². The SMILES string of the molecule is C/C=C1/CCC2C3CC=C4C=C(C)CC[C@]4(C)C3CC[C@]12C. The van der Waals surface area contributed by atoms with E-state index < -0.39 is 0 Å². The highest BCUT2D eigenvalue weighted by Crippen LogP contribution is 2.65. The molecule has 0 radical (unpaired) electrons. The quantitative estimate of drug-likeness (QED) is 0.450. The third kappa shape index (κ3) is 1.82. The second kappa shape index (κ2) is 4.86. The molecule has 0 heterocycles. The van der Waals surface area contributed by atoms with E-state index in [1.165, 1.54) is 44.9 Å². The molecule has 0 aromatic carbocycles. The summed E-state index contributed by atoms with van der Waals surface area (Å²) in [6, 6.07) is 0. The maximum absolute atomic E-state index is 2.63. The third-order valence-electron chi connectivity index (χ3n) is 8.16. The summed E-state index contributed by atoms with van der Waals surface area (Å²) in [7, 11) is 0. The van der Waals surface area contributed by atoms with Gasteiger partial charge in [0.05, 0.1) is 0 Å². The monoisotopic (exact) mass is 296 g/mol. The van der Waals surface area contributed by atoms with Crippen molar-refractivity contribution in [1.29, 1.82) is 0 Å². The highest BCUT2D eigenvalue weighted by molar-refractivity contribution is 5.37. The summed E-state index contributed by atoms with van der Waals surface area (Å²) in [6.45, 7) is 9.76. The zero-order valence-electron chi connectivity index (χ0n) is 14.9. The average molecular weight is 296 g/mol. The van der Waals surface area contributed by atoms with Gasteiger partial charge in [-0.1, -0.05) is 43.2 Å². The zero-order valence-corrected chi connectivity index (χ0v) is 14.9. The molecule has 2 saturated carbocycles. The molecule has 0 spiro atoms. The van der Waals surface area contributed by atoms with Crippen LogP contribution in [0.25, 0.3) is 0 Å². The van der Waals surface area contributed by atoms with E-state index in [-0.39, 0.29) is 0 Å². The normalized spacial score (nSPS) is 49.1. The van der Waals surface area contributed by atoms with Gasteiger partial charge < -0.3 is 0 Å². The van der Waals surface area contributed by atoms with Crippen molar-refractivity contribution in [3.63, 3.8) is 0 Å². The van der Waals surface area contributed by atoms with Crippen molar-refractivity contribution in [3.8, 4) is 0 Å². The number of allylic oxidation sites excluding steroid dienone is 6. The van der Waals surface area contributed by atoms with Gasteiger partial charge in [-0.25, -0.2) is 0 Å². The summed E-state index contributed by atoms with van der Waals surface area (Å²) < 4.78 is 0. The average Bonchev–Trinajstić information content (AvgIpc) is 2.84. The van der Waals surface area contributed by atoms with E-state index >= 15 is 0 Å². The van der Waals surface area contributed by atoms with Crippen molar-refractivity contribution in [2.24, 2.45) is 28.6 Å². The molecule has 0 heteroatoms. The van der Waals surface area contributed by atoms with Gasteiger partial charge in [-0.3, -0.25) is 0 Å². The molecule has 4 rings (SSSR count). The molecular weight excluding hydrogens is 264 g/mol. The molecule has 0 aliphatic heterocycles. The molecule has 5 atom stereocenters. The lowest BCUT2D eigenvalue weighted by molar-refractivity contribution is -0.00622. The van der Waals surface area contributed by atoms with Crippen LogP contribution in [0.1, 0.15) is 72.6 Å². The van der Waals surface area contributed by atoms with E-state index in [0.29, 0.717) is 10.8 Å². The van der Waals surface area contributed by atoms with Crippen molar-refractivity contribution in [2.45, 2.75) is 72.6 Å². The topological polar surface area (TPSA) is 0 Å². The maximum Gasteiger partial charge on any atom is -0.00443 e. The first kappa shape index (κ1) is 14.8. The predicted molar refractivity (Wildman–Crippen MR) is 94.6 cm³/mol. The molecule has 3 unspecified atom stereocenters. The van der Waals surface area contributed by atoms with E-state index in [9.17, 15) is 0 Å². The van der Waals surface area contributed by atoms with Gasteiger partial charge in [-0.05, 0) is 93.0 Å². The fourth-order valence-electron chi connectivity index (χ4n) is 6.79. The van der Waals surface area contributed by atoms with E-state index in [1.807, 2.05) is 0 Å². The molecule has 4 aliphatic carbocycles. The van der Waals surface area contributed by atoms with Crippen molar-refractivity contribution < 1.29 is 0 Å². The Balaban J connectivity index is 1.72. The minimum Gasteiger partial charge on any atom is -0.0879 e. The van der Waals surface area contributed by atoms with Crippen LogP contribution >= 0.6 is 0 Å². The smallest absolute Gasteiger partial charge is 0.00443 e. The first-order valence-corrected chi connectivity index (χ1v) is 9.52. The van der Waals surface area contributed by atoms with Gasteiger partial charge in [-0.15, -0.1) is 0 Å². The van der Waals surface area contributed by atoms with Crippen LogP contribution in [-0.4, -0.2) is 0 Å². The second-order valence-electron chi connectivity index (χ2n) is 8.99. The van der Waals surface area contributed by atoms with Gasteiger partial charge in [0.2, 0.25) is 0 Å². The summed E-state index contributed by atoms with van der Waals surface area (Å²) in [4.78, 5) is 0. The van der Waals surface area contributed by atoms with E-state index in [1.54, 1.807) is 16.7 Å². The lowest BCUT2D eigenvalue weighted by Gasteiger charge is -2.56. The molecule has 0 aromatic rings. The van der Waals surface area contributed by atoms with E-state index in [0.717, 1.165) is 17.8 Å². The first-order chi connectivity index (χ1) is 10.5. The van der Waals surface area contributed by atoms with Crippen LogP contribution in [0.4, 0.5) is 0 Å². The third-order valence-corrected chi connectivity index (χ3v) is 8.16. The Kier molecular flexibility index (Phi) is 3.26. The van der Waals surface area contributed by atoms with E-state index in [4.69, 9.17) is 0 Å². The fourth-order valence-corrected chi connectivity index (χ4v) is 6.79. The molecule has 0 nitrogen and oxygen atoms in total. The number of rotatable bonds is 0. The Hall–Kier alpha value is -0.780. The van der Waals surface area contributed by atoms with Crippen molar-refractivity contribution in [3.05, 3.63) is 34.9 Å². The summed E-state index contributed by atoms with van der Waals surface area (Å²) in [5.74, 6) is 2.82. The van der Waals surface area contributed by atoms with E-state index in [2.05, 4.69) is 45.9 Å². The summed E-state index contributed by atoms with van der Waals surface area (Å²) in [5, 5.41) is 0. The Morgan fingerprint density at radius 3 is 2.59 bits per heavy atom. The van der Waals surface area contributed by atoms with Crippen LogP contribution in [0.15, 0.2) is 34.9 Å².